The molecule has 0 fully saturated rings. The van der Waals surface area contributed by atoms with Crippen LogP contribution < -0.4 is 20.2 Å². The van der Waals surface area contributed by atoms with E-state index in [1.165, 1.54) is 6.07 Å². The molecule has 0 aliphatic carbocycles. The first kappa shape index (κ1) is 21.1. The number of likely N-dealkylation sites (N-methyl/N-ethyl adjacent to an activating group) is 1. The summed E-state index contributed by atoms with van der Waals surface area (Å²) >= 11 is 0. The van der Waals surface area contributed by atoms with Gasteiger partial charge in [0.25, 0.3) is 0 Å². The van der Waals surface area contributed by atoms with Crippen LogP contribution in [-0.4, -0.2) is 57.4 Å². The first-order valence-electron chi connectivity index (χ1n) is 10.4. The van der Waals surface area contributed by atoms with Gasteiger partial charge in [-0.1, -0.05) is 18.2 Å². The average molecular weight is 426 g/mol. The average Bonchev–Trinajstić information content (AvgIpc) is 3.29. The largest absolute Gasteiger partial charge is 0.490 e. The number of carbonyl (C=O) groups excluding carboxylic acids is 1. The molecule has 2 N–H and O–H groups in total. The lowest BCUT2D eigenvalue weighted by molar-refractivity contribution is -0.121. The molecule has 2 aliphatic rings. The Morgan fingerprint density at radius 1 is 1.35 bits per heavy atom. The third kappa shape index (κ3) is 4.96. The number of hydrazone groups is 1. The lowest BCUT2D eigenvalue weighted by Crippen LogP contribution is -2.33. The van der Waals surface area contributed by atoms with Crippen molar-refractivity contribution in [2.24, 2.45) is 11.0 Å². The highest BCUT2D eigenvalue weighted by Gasteiger charge is 2.28. The van der Waals surface area contributed by atoms with Crippen molar-refractivity contribution >= 4 is 17.8 Å². The van der Waals surface area contributed by atoms with E-state index in [1.54, 1.807) is 12.1 Å². The number of anilines is 1. The number of hydrogen-bond donors (Lipinski definition) is 2. The smallest absolute Gasteiger partial charge is 0.231 e. The van der Waals surface area contributed by atoms with Gasteiger partial charge < -0.3 is 25.1 Å². The van der Waals surface area contributed by atoms with E-state index in [2.05, 4.69) is 15.8 Å². The number of nitrogens with zero attached hydrogens (tertiary/aromatic N) is 2. The summed E-state index contributed by atoms with van der Waals surface area (Å²) in [5.74, 6) is 0.0539. The van der Waals surface area contributed by atoms with Crippen LogP contribution in [0, 0.1) is 11.7 Å². The number of hydrogen-bond acceptors (Lipinski definition) is 6. The molecule has 2 unspecified atom stereocenters. The van der Waals surface area contributed by atoms with Crippen molar-refractivity contribution in [3.8, 4) is 11.5 Å². The fourth-order valence-electron chi connectivity index (χ4n) is 3.67. The Bertz CT molecular complexity index is 979. The van der Waals surface area contributed by atoms with E-state index >= 15 is 0 Å². The number of amides is 1. The van der Waals surface area contributed by atoms with Crippen LogP contribution in [0.15, 0.2) is 41.5 Å². The van der Waals surface area contributed by atoms with Crippen LogP contribution in [0.1, 0.15) is 17.0 Å². The number of nitrogens with one attached hydrogen (secondary N) is 2. The third-order valence-corrected chi connectivity index (χ3v) is 5.46. The lowest BCUT2D eigenvalue weighted by atomic mass is 9.95. The van der Waals surface area contributed by atoms with Gasteiger partial charge >= 0.3 is 0 Å². The minimum Gasteiger partial charge on any atom is -0.490 e. The van der Waals surface area contributed by atoms with Crippen molar-refractivity contribution in [1.82, 2.24) is 10.3 Å². The Labute approximate surface area is 181 Å². The van der Waals surface area contributed by atoms with Gasteiger partial charge in [-0.15, -0.1) is 0 Å². The van der Waals surface area contributed by atoms with Crippen LogP contribution >= 0.6 is 0 Å². The summed E-state index contributed by atoms with van der Waals surface area (Å²) in [7, 11) is 3.96. The summed E-state index contributed by atoms with van der Waals surface area (Å²) in [6.45, 7) is 2.12. The second-order valence-corrected chi connectivity index (χ2v) is 8.08. The predicted octanol–water partition coefficient (Wildman–Crippen LogP) is 2.63. The zero-order valence-electron chi connectivity index (χ0n) is 17.7. The molecule has 2 aromatic carbocycles. The van der Waals surface area contributed by atoms with Gasteiger partial charge in [0.2, 0.25) is 5.91 Å². The van der Waals surface area contributed by atoms with Gasteiger partial charge in [-0.25, -0.2) is 4.39 Å². The molecular formula is C23H27FN4O3. The first-order valence-corrected chi connectivity index (χ1v) is 10.4. The summed E-state index contributed by atoms with van der Waals surface area (Å²) in [6.07, 6.45) is 2.30. The van der Waals surface area contributed by atoms with Gasteiger partial charge in [0, 0.05) is 25.2 Å². The second kappa shape index (κ2) is 9.34. The Balaban J connectivity index is 1.49. The second-order valence-electron chi connectivity index (χ2n) is 8.08. The van der Waals surface area contributed by atoms with Gasteiger partial charge in [0.15, 0.2) is 11.6 Å². The van der Waals surface area contributed by atoms with E-state index in [-0.39, 0.29) is 24.2 Å². The summed E-state index contributed by atoms with van der Waals surface area (Å²) < 4.78 is 25.4. The molecule has 0 radical (unpaired) electrons. The minimum atomic E-state index is -0.408. The van der Waals surface area contributed by atoms with Crippen molar-refractivity contribution in [1.29, 1.82) is 0 Å². The molecule has 8 heteroatoms. The van der Waals surface area contributed by atoms with Crippen molar-refractivity contribution in [2.75, 3.05) is 45.7 Å². The number of benzene rings is 2. The summed E-state index contributed by atoms with van der Waals surface area (Å²) in [5, 5.41) is 7.06. The van der Waals surface area contributed by atoms with Crippen molar-refractivity contribution < 1.29 is 18.7 Å². The van der Waals surface area contributed by atoms with Gasteiger partial charge in [-0.3, -0.25) is 4.79 Å². The third-order valence-electron chi connectivity index (χ3n) is 5.46. The van der Waals surface area contributed by atoms with Crippen molar-refractivity contribution in [3.05, 3.63) is 53.3 Å². The number of fused-ring (bicyclic) bond motifs is 1. The maximum Gasteiger partial charge on any atom is 0.231 e. The highest BCUT2D eigenvalue weighted by molar-refractivity contribution is 5.94. The van der Waals surface area contributed by atoms with Crippen LogP contribution in [0.2, 0.25) is 0 Å². The maximum absolute atomic E-state index is 13.9. The van der Waals surface area contributed by atoms with Crippen LogP contribution in [-0.2, 0) is 11.2 Å². The molecule has 2 aromatic rings. The van der Waals surface area contributed by atoms with Crippen LogP contribution in [0.5, 0.6) is 11.5 Å². The molecule has 4 rings (SSSR count). The summed E-state index contributed by atoms with van der Waals surface area (Å²) in [5.41, 5.74) is 5.35. The molecule has 2 aliphatic heterocycles. The zero-order chi connectivity index (χ0) is 21.8. The van der Waals surface area contributed by atoms with E-state index in [0.29, 0.717) is 30.0 Å². The highest BCUT2D eigenvalue weighted by Crippen LogP contribution is 2.33. The fourth-order valence-corrected chi connectivity index (χ4v) is 3.67. The minimum absolute atomic E-state index is 0.138. The highest BCUT2D eigenvalue weighted by atomic mass is 19.1. The molecule has 0 bridgehead atoms. The molecular weight excluding hydrogens is 399 g/mol. The molecule has 0 saturated heterocycles. The Morgan fingerprint density at radius 3 is 3.00 bits per heavy atom. The Morgan fingerprint density at radius 2 is 2.23 bits per heavy atom. The monoisotopic (exact) mass is 426 g/mol. The van der Waals surface area contributed by atoms with Crippen molar-refractivity contribution in [2.45, 2.75) is 12.3 Å². The molecule has 7 nitrogen and oxygen atoms in total. The SMILES string of the molecule is CN(C)CCOc1cc(C2C=NNC2)ccc1NC(=O)C1COc2c(F)cccc2C1. The quantitative estimate of drug-likeness (QED) is 0.712. The van der Waals surface area contributed by atoms with Crippen LogP contribution in [0.25, 0.3) is 0 Å². The van der Waals surface area contributed by atoms with E-state index in [0.717, 1.165) is 18.7 Å². The number of rotatable bonds is 7. The summed E-state index contributed by atoms with van der Waals surface area (Å²) in [6, 6.07) is 10.6. The Hall–Kier alpha value is -3.13. The van der Waals surface area contributed by atoms with Crippen LogP contribution in [0.3, 0.4) is 0 Å². The van der Waals surface area contributed by atoms with Crippen LogP contribution in [0.4, 0.5) is 10.1 Å². The normalized spacial score (nSPS) is 19.5. The number of carbonyl (C=O) groups is 1. The Kier molecular flexibility index (Phi) is 6.36. The van der Waals surface area contributed by atoms with Gasteiger partial charge in [0.1, 0.15) is 19.0 Å². The summed E-state index contributed by atoms with van der Waals surface area (Å²) in [4.78, 5) is 15.0. The topological polar surface area (TPSA) is 75.2 Å². The van der Waals surface area contributed by atoms with Gasteiger partial charge in [0.05, 0.1) is 11.6 Å². The predicted molar refractivity (Wildman–Crippen MR) is 117 cm³/mol. The number of para-hydroxylation sites is 1. The molecule has 0 spiro atoms. The molecule has 1 amide bonds. The molecule has 164 valence electrons. The van der Waals surface area contributed by atoms with E-state index < -0.39 is 11.7 Å². The van der Waals surface area contributed by atoms with Crippen molar-refractivity contribution in [3.63, 3.8) is 0 Å². The van der Waals surface area contributed by atoms with E-state index in [4.69, 9.17) is 9.47 Å². The lowest BCUT2D eigenvalue weighted by Gasteiger charge is -2.25. The van der Waals surface area contributed by atoms with E-state index in [9.17, 15) is 9.18 Å². The number of halogens is 1. The standard InChI is InChI=1S/C23H27FN4O3/c1-28(2)8-9-30-21-11-15(18-12-25-26-13-18)6-7-20(21)27-23(29)17-10-16-4-3-5-19(24)22(16)31-14-17/h3-7,11-12,17-18,26H,8-10,13-14H2,1-2H3,(H,27,29). The fraction of sp³-hybridized carbons (Fsp3) is 0.391. The van der Waals surface area contributed by atoms with Gasteiger partial charge in [-0.2, -0.15) is 5.10 Å². The molecule has 0 aromatic heterocycles. The number of ether oxygens (including phenoxy) is 2. The molecule has 2 heterocycles. The zero-order valence-corrected chi connectivity index (χ0v) is 17.7. The maximum atomic E-state index is 13.9. The first-order chi connectivity index (χ1) is 15.0. The molecule has 2 atom stereocenters. The van der Waals surface area contributed by atoms with Gasteiger partial charge in [-0.05, 0) is 49.8 Å². The molecule has 31 heavy (non-hydrogen) atoms. The van der Waals surface area contributed by atoms with E-state index in [1.807, 2.05) is 43.4 Å². The molecule has 0 saturated carbocycles.